The van der Waals surface area contributed by atoms with Gasteiger partial charge in [0.1, 0.15) is 0 Å². The van der Waals surface area contributed by atoms with Gasteiger partial charge in [0.25, 0.3) is 0 Å². The number of alkyl halides is 3. The standard InChI is InChI=1S/C20H23ClF3N5O3/c1-28(19(32)26-9-14-8-12-7-13(21)4-5-16(12)27-14)15-3-2-6-29(11-15)17(30)10-25-18(31)20(22,23)24/h4-5,7-8,15,27H,2-3,6,9-11H2,1H3,(H,25,31)(H,26,32). The molecule has 1 aliphatic heterocycles. The van der Waals surface area contributed by atoms with Crippen molar-refractivity contribution in [2.45, 2.75) is 31.6 Å². The summed E-state index contributed by atoms with van der Waals surface area (Å²) in [5.41, 5.74) is 1.69. The number of piperidine rings is 1. The summed E-state index contributed by atoms with van der Waals surface area (Å²) < 4.78 is 36.8. The van der Waals surface area contributed by atoms with Gasteiger partial charge in [0.15, 0.2) is 0 Å². The first kappa shape index (κ1) is 23.7. The number of H-pyrrole nitrogens is 1. The number of nitrogens with zero attached hydrogens (tertiary/aromatic N) is 2. The Labute approximate surface area is 187 Å². The Balaban J connectivity index is 1.50. The highest BCUT2D eigenvalue weighted by Gasteiger charge is 2.39. The van der Waals surface area contributed by atoms with Crippen LogP contribution in [-0.4, -0.2) is 71.5 Å². The molecule has 4 amide bonds. The van der Waals surface area contributed by atoms with Crippen LogP contribution in [0.3, 0.4) is 0 Å². The molecule has 1 aromatic heterocycles. The van der Waals surface area contributed by atoms with Gasteiger partial charge in [0.05, 0.1) is 19.1 Å². The number of benzene rings is 1. The van der Waals surface area contributed by atoms with E-state index in [0.29, 0.717) is 24.4 Å². The van der Waals surface area contributed by atoms with Gasteiger partial charge in [-0.15, -0.1) is 0 Å². The number of aromatic amines is 1. The normalized spacial score (nSPS) is 16.7. The molecule has 12 heteroatoms. The largest absolute Gasteiger partial charge is 0.471 e. The van der Waals surface area contributed by atoms with E-state index in [9.17, 15) is 27.6 Å². The van der Waals surface area contributed by atoms with Gasteiger partial charge < -0.3 is 25.4 Å². The van der Waals surface area contributed by atoms with Crippen molar-refractivity contribution in [2.75, 3.05) is 26.7 Å². The Morgan fingerprint density at radius 2 is 2.00 bits per heavy atom. The van der Waals surface area contributed by atoms with Crippen LogP contribution in [0.5, 0.6) is 0 Å². The van der Waals surface area contributed by atoms with Gasteiger partial charge in [-0.2, -0.15) is 13.2 Å². The first-order valence-electron chi connectivity index (χ1n) is 9.95. The molecule has 1 aliphatic rings. The van der Waals surface area contributed by atoms with Crippen LogP contribution in [0.1, 0.15) is 18.5 Å². The molecule has 3 N–H and O–H groups in total. The number of likely N-dealkylation sites (N-methyl/N-ethyl adjacent to an activating group) is 1. The summed E-state index contributed by atoms with van der Waals surface area (Å²) in [6.07, 6.45) is -3.81. The van der Waals surface area contributed by atoms with Crippen LogP contribution in [0.25, 0.3) is 10.9 Å². The number of fused-ring (bicyclic) bond motifs is 1. The predicted octanol–water partition coefficient (Wildman–Crippen LogP) is 2.63. The van der Waals surface area contributed by atoms with E-state index in [1.54, 1.807) is 18.4 Å². The Hall–Kier alpha value is -2.95. The second-order valence-corrected chi connectivity index (χ2v) is 8.05. The smallest absolute Gasteiger partial charge is 0.357 e. The number of hydrogen-bond donors (Lipinski definition) is 3. The van der Waals surface area contributed by atoms with E-state index in [4.69, 9.17) is 11.6 Å². The molecule has 3 rings (SSSR count). The summed E-state index contributed by atoms with van der Waals surface area (Å²) in [7, 11) is 1.60. The first-order chi connectivity index (χ1) is 15.0. The minimum absolute atomic E-state index is 0.176. The zero-order chi connectivity index (χ0) is 23.5. The van der Waals surface area contributed by atoms with Gasteiger partial charge in [-0.25, -0.2) is 4.79 Å². The Morgan fingerprint density at radius 3 is 2.72 bits per heavy atom. The molecule has 2 aromatic rings. The molecule has 1 unspecified atom stereocenters. The third-order valence-corrected chi connectivity index (χ3v) is 5.58. The van der Waals surface area contributed by atoms with Gasteiger partial charge >= 0.3 is 18.1 Å². The zero-order valence-electron chi connectivity index (χ0n) is 17.3. The number of amides is 4. The lowest BCUT2D eigenvalue weighted by atomic mass is 10.0. The van der Waals surface area contributed by atoms with Gasteiger partial charge in [-0.3, -0.25) is 9.59 Å². The highest BCUT2D eigenvalue weighted by atomic mass is 35.5. The predicted molar refractivity (Wildman–Crippen MR) is 112 cm³/mol. The van der Waals surface area contributed by atoms with Crippen molar-refractivity contribution < 1.29 is 27.6 Å². The minimum Gasteiger partial charge on any atom is -0.357 e. The number of urea groups is 1. The number of halogens is 4. The van der Waals surface area contributed by atoms with Crippen LogP contribution in [0, 0.1) is 0 Å². The molecule has 0 radical (unpaired) electrons. The number of nitrogens with one attached hydrogen (secondary N) is 3. The number of likely N-dealkylation sites (tertiary alicyclic amines) is 1. The molecule has 2 heterocycles. The monoisotopic (exact) mass is 473 g/mol. The van der Waals surface area contributed by atoms with Gasteiger partial charge in [0, 0.05) is 41.8 Å². The van der Waals surface area contributed by atoms with E-state index < -0.39 is 24.5 Å². The molecule has 1 atom stereocenters. The van der Waals surface area contributed by atoms with Crippen molar-refractivity contribution in [3.8, 4) is 0 Å². The number of hydrogen-bond acceptors (Lipinski definition) is 3. The SMILES string of the molecule is CN(C(=O)NCc1cc2cc(Cl)ccc2[nH]1)C1CCCN(C(=O)CNC(=O)C(F)(F)F)C1. The fourth-order valence-corrected chi connectivity index (χ4v) is 3.77. The van der Waals surface area contributed by atoms with E-state index in [1.807, 2.05) is 18.2 Å². The summed E-state index contributed by atoms with van der Waals surface area (Å²) in [4.78, 5) is 41.7. The quantitative estimate of drug-likeness (QED) is 0.622. The van der Waals surface area contributed by atoms with Gasteiger partial charge in [0.2, 0.25) is 5.91 Å². The number of aromatic nitrogens is 1. The average molecular weight is 474 g/mol. The van der Waals surface area contributed by atoms with Crippen molar-refractivity contribution in [1.29, 1.82) is 0 Å². The summed E-state index contributed by atoms with van der Waals surface area (Å²) >= 11 is 5.98. The lowest BCUT2D eigenvalue weighted by molar-refractivity contribution is -0.174. The van der Waals surface area contributed by atoms with Gasteiger partial charge in [-0.1, -0.05) is 11.6 Å². The molecule has 0 aliphatic carbocycles. The molecule has 1 saturated heterocycles. The second-order valence-electron chi connectivity index (χ2n) is 7.61. The van der Waals surface area contributed by atoms with E-state index in [1.165, 1.54) is 9.80 Å². The number of carbonyl (C=O) groups is 3. The van der Waals surface area contributed by atoms with Crippen LogP contribution in [0.4, 0.5) is 18.0 Å². The van der Waals surface area contributed by atoms with E-state index in [0.717, 1.165) is 16.6 Å². The summed E-state index contributed by atoms with van der Waals surface area (Å²) in [5, 5.41) is 5.93. The first-order valence-corrected chi connectivity index (χ1v) is 10.3. The molecular formula is C20H23ClF3N5O3. The van der Waals surface area contributed by atoms with E-state index >= 15 is 0 Å². The molecule has 32 heavy (non-hydrogen) atoms. The van der Waals surface area contributed by atoms with Gasteiger partial charge in [-0.05, 0) is 37.1 Å². The highest BCUT2D eigenvalue weighted by molar-refractivity contribution is 6.31. The second kappa shape index (κ2) is 9.68. The van der Waals surface area contributed by atoms with Crippen LogP contribution in [-0.2, 0) is 16.1 Å². The third kappa shape index (κ3) is 5.84. The lowest BCUT2D eigenvalue weighted by Gasteiger charge is -2.37. The fourth-order valence-electron chi connectivity index (χ4n) is 3.59. The zero-order valence-corrected chi connectivity index (χ0v) is 18.0. The van der Waals surface area contributed by atoms with E-state index in [-0.39, 0.29) is 25.2 Å². The molecule has 1 fully saturated rings. The number of carbonyl (C=O) groups excluding carboxylic acids is 3. The highest BCUT2D eigenvalue weighted by Crippen LogP contribution is 2.20. The Morgan fingerprint density at radius 1 is 1.25 bits per heavy atom. The van der Waals surface area contributed by atoms with Crippen molar-refractivity contribution in [2.24, 2.45) is 0 Å². The maximum Gasteiger partial charge on any atom is 0.471 e. The Kier molecular flexibility index (Phi) is 7.17. The van der Waals surface area contributed by atoms with Crippen molar-refractivity contribution in [3.05, 3.63) is 35.0 Å². The molecule has 1 aromatic carbocycles. The van der Waals surface area contributed by atoms with Crippen LogP contribution in [0.15, 0.2) is 24.3 Å². The maximum absolute atomic E-state index is 12.6. The fraction of sp³-hybridized carbons (Fsp3) is 0.450. The van der Waals surface area contributed by atoms with Crippen molar-refractivity contribution >= 4 is 40.3 Å². The van der Waals surface area contributed by atoms with Crippen molar-refractivity contribution in [1.82, 2.24) is 25.4 Å². The van der Waals surface area contributed by atoms with Crippen LogP contribution in [0.2, 0.25) is 5.02 Å². The third-order valence-electron chi connectivity index (χ3n) is 5.34. The lowest BCUT2D eigenvalue weighted by Crippen LogP contribution is -2.54. The van der Waals surface area contributed by atoms with E-state index in [2.05, 4.69) is 10.3 Å². The topological polar surface area (TPSA) is 97.5 Å². The maximum atomic E-state index is 12.6. The molecule has 8 nitrogen and oxygen atoms in total. The number of rotatable bonds is 5. The molecule has 0 saturated carbocycles. The van der Waals surface area contributed by atoms with Crippen LogP contribution < -0.4 is 10.6 Å². The minimum atomic E-state index is -5.04. The van der Waals surface area contributed by atoms with Crippen LogP contribution >= 0.6 is 11.6 Å². The molecule has 0 bridgehead atoms. The molecule has 0 spiro atoms. The average Bonchev–Trinajstić information content (AvgIpc) is 3.16. The van der Waals surface area contributed by atoms with Crippen molar-refractivity contribution in [3.63, 3.8) is 0 Å². The summed E-state index contributed by atoms with van der Waals surface area (Å²) in [6, 6.07) is 6.67. The molecular weight excluding hydrogens is 451 g/mol. The molecule has 174 valence electrons. The Bertz CT molecular complexity index is 1010. The summed E-state index contributed by atoms with van der Waals surface area (Å²) in [5.74, 6) is -2.78. The summed E-state index contributed by atoms with van der Waals surface area (Å²) in [6.45, 7) is 0.0412.